The maximum Gasteiger partial charge on any atom is 0.290 e. The predicted molar refractivity (Wildman–Crippen MR) is 55.2 cm³/mol. The van der Waals surface area contributed by atoms with E-state index >= 15 is 0 Å². The molecular formula is C11H17F2NO2. The highest BCUT2D eigenvalue weighted by Gasteiger charge is 2.37. The van der Waals surface area contributed by atoms with Gasteiger partial charge in [0.25, 0.3) is 11.8 Å². The molecule has 0 aromatic heterocycles. The highest BCUT2D eigenvalue weighted by Crippen LogP contribution is 2.27. The second kappa shape index (κ2) is 4.89. The average molecular weight is 233 g/mol. The lowest BCUT2D eigenvalue weighted by Crippen LogP contribution is -2.46. The summed E-state index contributed by atoms with van der Waals surface area (Å²) in [6, 6.07) is 0. The Morgan fingerprint density at radius 3 is 2.25 bits per heavy atom. The lowest BCUT2D eigenvalue weighted by Gasteiger charge is -2.31. The smallest absolute Gasteiger partial charge is 0.290 e. The minimum Gasteiger partial charge on any atom is -0.336 e. The van der Waals surface area contributed by atoms with E-state index in [-0.39, 0.29) is 31.8 Å². The van der Waals surface area contributed by atoms with Crippen molar-refractivity contribution in [3.8, 4) is 0 Å². The zero-order valence-corrected chi connectivity index (χ0v) is 9.63. The number of alkyl halides is 2. The topological polar surface area (TPSA) is 37.4 Å². The van der Waals surface area contributed by atoms with Crippen LogP contribution in [0.3, 0.4) is 0 Å². The molecule has 1 unspecified atom stereocenters. The number of hydrogen-bond donors (Lipinski definition) is 0. The summed E-state index contributed by atoms with van der Waals surface area (Å²) in [6.45, 7) is 3.46. The van der Waals surface area contributed by atoms with Gasteiger partial charge in [-0.3, -0.25) is 9.59 Å². The zero-order chi connectivity index (χ0) is 12.3. The van der Waals surface area contributed by atoms with Crippen LogP contribution >= 0.6 is 0 Å². The first-order valence-electron chi connectivity index (χ1n) is 5.58. The molecule has 1 rings (SSSR count). The quantitative estimate of drug-likeness (QED) is 0.698. The highest BCUT2D eigenvalue weighted by atomic mass is 19.3. The van der Waals surface area contributed by atoms with E-state index in [0.717, 1.165) is 0 Å². The van der Waals surface area contributed by atoms with Crippen LogP contribution in [0.2, 0.25) is 0 Å². The maximum absolute atomic E-state index is 12.8. The number of amides is 1. The molecule has 0 saturated carbocycles. The second-order valence-corrected chi connectivity index (χ2v) is 4.32. The standard InChI is InChI=1S/C11H17F2NO2/c1-3-8(2)9(15)10(16)14-6-4-11(12,13)5-7-14/h8H,3-7H2,1-2H3. The lowest BCUT2D eigenvalue weighted by molar-refractivity contribution is -0.150. The molecule has 0 aliphatic carbocycles. The fourth-order valence-corrected chi connectivity index (χ4v) is 1.59. The monoisotopic (exact) mass is 233 g/mol. The molecule has 1 atom stereocenters. The molecule has 0 bridgehead atoms. The number of ketones is 1. The Balaban J connectivity index is 2.54. The minimum atomic E-state index is -2.68. The van der Waals surface area contributed by atoms with Crippen LogP contribution in [0.25, 0.3) is 0 Å². The molecular weight excluding hydrogens is 216 g/mol. The molecule has 16 heavy (non-hydrogen) atoms. The molecule has 0 N–H and O–H groups in total. The number of carbonyl (C=O) groups excluding carboxylic acids is 2. The van der Waals surface area contributed by atoms with Gasteiger partial charge in [0.1, 0.15) is 0 Å². The Labute approximate surface area is 93.8 Å². The first kappa shape index (κ1) is 13.1. The molecule has 1 fully saturated rings. The Morgan fingerprint density at radius 1 is 1.31 bits per heavy atom. The second-order valence-electron chi connectivity index (χ2n) is 4.32. The molecule has 0 aromatic carbocycles. The van der Waals surface area contributed by atoms with Crippen molar-refractivity contribution in [2.45, 2.75) is 39.0 Å². The minimum absolute atomic E-state index is 0.0198. The van der Waals surface area contributed by atoms with Crippen molar-refractivity contribution < 1.29 is 18.4 Å². The molecule has 1 amide bonds. The van der Waals surface area contributed by atoms with Crippen molar-refractivity contribution in [3.05, 3.63) is 0 Å². The van der Waals surface area contributed by atoms with E-state index in [2.05, 4.69) is 0 Å². The van der Waals surface area contributed by atoms with Gasteiger partial charge in [-0.2, -0.15) is 0 Å². The van der Waals surface area contributed by atoms with Crippen LogP contribution in [0.15, 0.2) is 0 Å². The van der Waals surface area contributed by atoms with Crippen molar-refractivity contribution in [2.24, 2.45) is 5.92 Å². The summed E-state index contributed by atoms with van der Waals surface area (Å²) in [7, 11) is 0. The molecule has 3 nitrogen and oxygen atoms in total. The fraction of sp³-hybridized carbons (Fsp3) is 0.818. The summed E-state index contributed by atoms with van der Waals surface area (Å²) >= 11 is 0. The predicted octanol–water partition coefficient (Wildman–Crippen LogP) is 1.86. The van der Waals surface area contributed by atoms with Crippen LogP contribution in [-0.4, -0.2) is 35.6 Å². The third-order valence-electron chi connectivity index (χ3n) is 3.05. The van der Waals surface area contributed by atoms with Crippen LogP contribution in [0.4, 0.5) is 8.78 Å². The number of likely N-dealkylation sites (tertiary alicyclic amines) is 1. The van der Waals surface area contributed by atoms with Gasteiger partial charge in [0.15, 0.2) is 0 Å². The third-order valence-corrected chi connectivity index (χ3v) is 3.05. The van der Waals surface area contributed by atoms with E-state index in [4.69, 9.17) is 0 Å². The number of Topliss-reactive ketones (excluding diaryl/α,β-unsaturated/α-hetero) is 1. The Bertz CT molecular complexity index is 282. The SMILES string of the molecule is CCC(C)C(=O)C(=O)N1CCC(F)(F)CC1. The molecule has 0 aromatic rings. The van der Waals surface area contributed by atoms with Gasteiger partial charge in [0.05, 0.1) is 0 Å². The molecule has 92 valence electrons. The molecule has 0 radical (unpaired) electrons. The fourth-order valence-electron chi connectivity index (χ4n) is 1.59. The van der Waals surface area contributed by atoms with Gasteiger partial charge in [-0.15, -0.1) is 0 Å². The summed E-state index contributed by atoms with van der Waals surface area (Å²) in [5.74, 6) is -4.08. The molecule has 5 heteroatoms. The number of hydrogen-bond acceptors (Lipinski definition) is 2. The highest BCUT2D eigenvalue weighted by molar-refractivity contribution is 6.36. The van der Waals surface area contributed by atoms with Gasteiger partial charge < -0.3 is 4.90 Å². The summed E-state index contributed by atoms with van der Waals surface area (Å²) in [5.41, 5.74) is 0. The summed E-state index contributed by atoms with van der Waals surface area (Å²) < 4.78 is 25.7. The van der Waals surface area contributed by atoms with Crippen LogP contribution < -0.4 is 0 Å². The van der Waals surface area contributed by atoms with E-state index in [1.165, 1.54) is 4.90 Å². The van der Waals surface area contributed by atoms with Gasteiger partial charge in [0.2, 0.25) is 5.78 Å². The Morgan fingerprint density at radius 2 is 1.81 bits per heavy atom. The molecule has 1 aliphatic rings. The summed E-state index contributed by atoms with van der Waals surface area (Å²) in [4.78, 5) is 24.4. The lowest BCUT2D eigenvalue weighted by atomic mass is 10.0. The number of carbonyl (C=O) groups is 2. The van der Waals surface area contributed by atoms with Crippen molar-refractivity contribution in [2.75, 3.05) is 13.1 Å². The van der Waals surface area contributed by atoms with Gasteiger partial charge in [-0.1, -0.05) is 13.8 Å². The van der Waals surface area contributed by atoms with Crippen molar-refractivity contribution in [1.82, 2.24) is 4.90 Å². The van der Waals surface area contributed by atoms with Crippen LogP contribution in [-0.2, 0) is 9.59 Å². The third kappa shape index (κ3) is 3.00. The van der Waals surface area contributed by atoms with Crippen LogP contribution in [0, 0.1) is 5.92 Å². The Kier molecular flexibility index (Phi) is 3.99. The first-order valence-corrected chi connectivity index (χ1v) is 5.58. The van der Waals surface area contributed by atoms with Gasteiger partial charge in [-0.05, 0) is 6.42 Å². The first-order chi connectivity index (χ1) is 7.37. The van der Waals surface area contributed by atoms with E-state index < -0.39 is 17.6 Å². The number of rotatable bonds is 3. The maximum atomic E-state index is 12.8. The van der Waals surface area contributed by atoms with Crippen LogP contribution in [0.5, 0.6) is 0 Å². The molecule has 1 saturated heterocycles. The van der Waals surface area contributed by atoms with Gasteiger partial charge in [-0.25, -0.2) is 8.78 Å². The molecule has 1 heterocycles. The zero-order valence-electron chi connectivity index (χ0n) is 9.63. The van der Waals surface area contributed by atoms with Gasteiger partial charge >= 0.3 is 0 Å². The number of nitrogens with zero attached hydrogens (tertiary/aromatic N) is 1. The number of halogens is 2. The number of piperidine rings is 1. The van der Waals surface area contributed by atoms with Crippen molar-refractivity contribution >= 4 is 11.7 Å². The average Bonchev–Trinajstić information content (AvgIpc) is 2.26. The van der Waals surface area contributed by atoms with E-state index in [9.17, 15) is 18.4 Å². The van der Waals surface area contributed by atoms with E-state index in [0.29, 0.717) is 6.42 Å². The van der Waals surface area contributed by atoms with Crippen molar-refractivity contribution in [3.63, 3.8) is 0 Å². The van der Waals surface area contributed by atoms with Gasteiger partial charge in [0, 0.05) is 31.8 Å². The van der Waals surface area contributed by atoms with E-state index in [1.54, 1.807) is 6.92 Å². The largest absolute Gasteiger partial charge is 0.336 e. The normalized spacial score (nSPS) is 21.6. The molecule has 1 aliphatic heterocycles. The van der Waals surface area contributed by atoms with Crippen LogP contribution in [0.1, 0.15) is 33.1 Å². The summed E-state index contributed by atoms with van der Waals surface area (Å²) in [6.07, 6.45) is -0.0897. The van der Waals surface area contributed by atoms with Crippen molar-refractivity contribution in [1.29, 1.82) is 0 Å². The summed E-state index contributed by atoms with van der Waals surface area (Å²) in [5, 5.41) is 0. The van der Waals surface area contributed by atoms with E-state index in [1.807, 2.05) is 6.92 Å². The Hall–Kier alpha value is -1.00. The molecule has 0 spiro atoms.